The minimum atomic E-state index is -4.26. The van der Waals surface area contributed by atoms with Gasteiger partial charge in [-0.05, 0) is 108 Å². The number of carbonyl (C=O) groups is 4. The molecule has 0 radical (unpaired) electrons. The topological polar surface area (TPSA) is 143 Å². The SMILES string of the molecule is CC(=O)[C@H](CCC(CCC(=O)OC(C)(C)C)OS(=O)(=O)c1ccc(C)cc1)N(C(=O)OC(C)(C)C)C(=O)OC(C)(C)C. The van der Waals surface area contributed by atoms with Crippen LogP contribution in [0.2, 0.25) is 0 Å². The van der Waals surface area contributed by atoms with Gasteiger partial charge in [0.25, 0.3) is 10.1 Å². The van der Waals surface area contributed by atoms with Crippen molar-refractivity contribution in [2.24, 2.45) is 0 Å². The Labute approximate surface area is 250 Å². The lowest BCUT2D eigenvalue weighted by Gasteiger charge is -2.33. The zero-order valence-corrected chi connectivity index (χ0v) is 27.5. The number of esters is 1. The highest BCUT2D eigenvalue weighted by Crippen LogP contribution is 2.25. The molecule has 0 N–H and O–H groups in total. The first-order valence-corrected chi connectivity index (χ1v) is 15.3. The standard InChI is InChI=1S/C30H47NO10S/c1-20-12-16-23(17-13-20)42(36,37)41-22(15-19-25(33)38-28(3,4)5)14-18-24(21(2)32)31(26(34)39-29(6,7)8)27(35)40-30(9,10)11/h12-13,16-17,22,24H,14-15,18-19H2,1-11H3/t22?,24-/m0/s1. The molecule has 0 aliphatic rings. The van der Waals surface area contributed by atoms with Gasteiger partial charge in [-0.25, -0.2) is 14.5 Å². The van der Waals surface area contributed by atoms with Crippen molar-refractivity contribution < 1.29 is 46.0 Å². The zero-order chi connectivity index (χ0) is 32.7. The van der Waals surface area contributed by atoms with Gasteiger partial charge in [0, 0.05) is 6.42 Å². The Balaban J connectivity index is 3.35. The van der Waals surface area contributed by atoms with Gasteiger partial charge < -0.3 is 14.2 Å². The third-order valence-corrected chi connectivity index (χ3v) is 6.76. The van der Waals surface area contributed by atoms with E-state index in [0.29, 0.717) is 4.90 Å². The molecular formula is C30H47NO10S. The van der Waals surface area contributed by atoms with Gasteiger partial charge in [-0.15, -0.1) is 0 Å². The maximum atomic E-state index is 13.1. The second-order valence-electron chi connectivity index (χ2n) is 13.1. The fourth-order valence-electron chi connectivity index (χ4n) is 3.66. The highest BCUT2D eigenvalue weighted by atomic mass is 32.2. The third-order valence-electron chi connectivity index (χ3n) is 5.39. The summed E-state index contributed by atoms with van der Waals surface area (Å²) in [5.41, 5.74) is -1.87. The van der Waals surface area contributed by atoms with Gasteiger partial charge in [0.2, 0.25) is 0 Å². The maximum absolute atomic E-state index is 13.1. The van der Waals surface area contributed by atoms with Crippen LogP contribution in [0.25, 0.3) is 0 Å². The van der Waals surface area contributed by atoms with E-state index in [1.54, 1.807) is 74.4 Å². The number of ketones is 1. The van der Waals surface area contributed by atoms with Crippen LogP contribution in [-0.2, 0) is 38.1 Å². The van der Waals surface area contributed by atoms with Gasteiger partial charge in [-0.1, -0.05) is 17.7 Å². The highest BCUT2D eigenvalue weighted by molar-refractivity contribution is 7.86. The third kappa shape index (κ3) is 13.8. The summed E-state index contributed by atoms with van der Waals surface area (Å²) in [6.45, 7) is 17.8. The van der Waals surface area contributed by atoms with Crippen LogP contribution in [0.3, 0.4) is 0 Å². The lowest BCUT2D eigenvalue weighted by atomic mass is 10.0. The maximum Gasteiger partial charge on any atom is 0.420 e. The van der Waals surface area contributed by atoms with Gasteiger partial charge >= 0.3 is 18.2 Å². The van der Waals surface area contributed by atoms with Crippen molar-refractivity contribution in [2.75, 3.05) is 0 Å². The Morgan fingerprint density at radius 3 is 1.60 bits per heavy atom. The van der Waals surface area contributed by atoms with E-state index in [-0.39, 0.29) is 30.6 Å². The fourth-order valence-corrected chi connectivity index (χ4v) is 4.79. The number of hydrogen-bond acceptors (Lipinski definition) is 10. The van der Waals surface area contributed by atoms with Crippen LogP contribution >= 0.6 is 0 Å². The quantitative estimate of drug-likeness (QED) is 0.163. The molecule has 1 aromatic carbocycles. The van der Waals surface area contributed by atoms with E-state index >= 15 is 0 Å². The Kier molecular flexibility index (Phi) is 12.7. The van der Waals surface area contributed by atoms with Gasteiger partial charge in [0.05, 0.1) is 11.0 Å². The van der Waals surface area contributed by atoms with Crippen molar-refractivity contribution in [3.8, 4) is 0 Å². The predicted octanol–water partition coefficient (Wildman–Crippen LogP) is 6.10. The number of nitrogens with zero attached hydrogens (tertiary/aromatic N) is 1. The van der Waals surface area contributed by atoms with E-state index in [4.69, 9.17) is 18.4 Å². The van der Waals surface area contributed by atoms with Crippen LogP contribution in [0.4, 0.5) is 9.59 Å². The largest absolute Gasteiger partial charge is 0.460 e. The van der Waals surface area contributed by atoms with Crippen molar-refractivity contribution in [2.45, 2.75) is 136 Å². The Morgan fingerprint density at radius 1 is 0.738 bits per heavy atom. The molecule has 42 heavy (non-hydrogen) atoms. The van der Waals surface area contributed by atoms with Crippen LogP contribution in [0.5, 0.6) is 0 Å². The lowest BCUT2D eigenvalue weighted by Crippen LogP contribution is -2.51. The number of amides is 2. The smallest absolute Gasteiger partial charge is 0.420 e. The van der Waals surface area contributed by atoms with Gasteiger partial charge in [0.1, 0.15) is 22.8 Å². The normalized spacial score (nSPS) is 14.0. The van der Waals surface area contributed by atoms with Crippen molar-refractivity contribution in [3.63, 3.8) is 0 Å². The van der Waals surface area contributed by atoms with Crippen molar-refractivity contribution in [1.82, 2.24) is 4.90 Å². The molecule has 0 aromatic heterocycles. The van der Waals surface area contributed by atoms with E-state index in [9.17, 15) is 27.6 Å². The second-order valence-corrected chi connectivity index (χ2v) is 14.7. The van der Waals surface area contributed by atoms with Gasteiger partial charge in [0.15, 0.2) is 5.78 Å². The monoisotopic (exact) mass is 613 g/mol. The van der Waals surface area contributed by atoms with E-state index in [0.717, 1.165) is 5.56 Å². The molecule has 1 unspecified atom stereocenters. The first kappa shape index (κ1) is 37.0. The fraction of sp³-hybridized carbons (Fsp3) is 0.667. The summed E-state index contributed by atoms with van der Waals surface area (Å²) >= 11 is 0. The molecule has 0 spiro atoms. The molecule has 0 aliphatic heterocycles. The van der Waals surface area contributed by atoms with Crippen molar-refractivity contribution in [1.29, 1.82) is 0 Å². The zero-order valence-electron chi connectivity index (χ0n) is 26.7. The number of benzene rings is 1. The summed E-state index contributed by atoms with van der Waals surface area (Å²) in [6, 6.07) is 4.69. The molecule has 0 saturated heterocycles. The highest BCUT2D eigenvalue weighted by Gasteiger charge is 2.39. The average molecular weight is 614 g/mol. The van der Waals surface area contributed by atoms with Crippen LogP contribution in [0, 0.1) is 6.92 Å². The molecule has 0 saturated carbocycles. The number of rotatable bonds is 11. The minimum absolute atomic E-state index is 0.0660. The van der Waals surface area contributed by atoms with Gasteiger partial charge in [-0.3, -0.25) is 13.8 Å². The average Bonchev–Trinajstić information content (AvgIpc) is 2.76. The summed E-state index contributed by atoms with van der Waals surface area (Å²) in [7, 11) is -4.26. The Morgan fingerprint density at radius 2 is 1.19 bits per heavy atom. The van der Waals surface area contributed by atoms with Crippen LogP contribution < -0.4 is 0 Å². The number of ether oxygens (including phenoxy) is 3. The summed E-state index contributed by atoms with van der Waals surface area (Å²) in [6.07, 6.45) is -3.80. The van der Waals surface area contributed by atoms with Crippen molar-refractivity contribution in [3.05, 3.63) is 29.8 Å². The van der Waals surface area contributed by atoms with E-state index in [2.05, 4.69) is 0 Å². The minimum Gasteiger partial charge on any atom is -0.460 e. The number of imide groups is 1. The molecule has 0 heterocycles. The van der Waals surface area contributed by atoms with Gasteiger partial charge in [-0.2, -0.15) is 8.42 Å². The van der Waals surface area contributed by atoms with Crippen molar-refractivity contribution >= 4 is 34.1 Å². The summed E-state index contributed by atoms with van der Waals surface area (Å²) in [5.74, 6) is -1.12. The molecule has 2 atom stereocenters. The number of hydrogen-bond donors (Lipinski definition) is 0. The molecule has 238 valence electrons. The van der Waals surface area contributed by atoms with E-state index in [1.165, 1.54) is 19.1 Å². The molecule has 11 nitrogen and oxygen atoms in total. The molecule has 0 bridgehead atoms. The van der Waals surface area contributed by atoms with E-state index < -0.39 is 63.0 Å². The summed E-state index contributed by atoms with van der Waals surface area (Å²) < 4.78 is 47.9. The Bertz CT molecular complexity index is 1170. The molecule has 0 aliphatic carbocycles. The summed E-state index contributed by atoms with van der Waals surface area (Å²) in [4.78, 5) is 52.0. The number of carbonyl (C=O) groups excluding carboxylic acids is 4. The number of Topliss-reactive ketones (excluding diaryl/α,β-unsaturated/α-hetero) is 1. The van der Waals surface area contributed by atoms with Crippen LogP contribution in [-0.4, -0.2) is 66.2 Å². The molecule has 2 amide bonds. The second kappa shape index (κ2) is 14.5. The first-order valence-electron chi connectivity index (χ1n) is 13.9. The first-order chi connectivity index (χ1) is 18.9. The number of aryl methyl sites for hydroxylation is 1. The molecule has 1 aromatic rings. The molecule has 0 fully saturated rings. The Hall–Kier alpha value is -2.99. The predicted molar refractivity (Wildman–Crippen MR) is 156 cm³/mol. The van der Waals surface area contributed by atoms with E-state index in [1.807, 2.05) is 6.92 Å². The van der Waals surface area contributed by atoms with Crippen LogP contribution in [0.1, 0.15) is 100 Å². The lowest BCUT2D eigenvalue weighted by molar-refractivity contribution is -0.155. The van der Waals surface area contributed by atoms with Crippen LogP contribution in [0.15, 0.2) is 29.2 Å². The molecular weight excluding hydrogens is 566 g/mol. The molecule has 12 heteroatoms. The summed E-state index contributed by atoms with van der Waals surface area (Å²) in [5, 5.41) is 0. The molecule has 1 rings (SSSR count).